The molecule has 5 nitrogen and oxygen atoms in total. The second kappa shape index (κ2) is 12.7. The van der Waals surface area contributed by atoms with E-state index >= 15 is 0 Å². The minimum atomic E-state index is -0.454. The summed E-state index contributed by atoms with van der Waals surface area (Å²) in [6.45, 7) is 8.76. The van der Waals surface area contributed by atoms with Crippen molar-refractivity contribution in [3.05, 3.63) is 23.5 Å². The van der Waals surface area contributed by atoms with Crippen LogP contribution in [0.3, 0.4) is 0 Å². The van der Waals surface area contributed by atoms with E-state index in [1.807, 2.05) is 6.08 Å². The first-order chi connectivity index (χ1) is 12.5. The molecule has 0 spiro atoms. The number of unbranched alkanes of at least 4 members (excludes halogenated alkanes) is 1. The molecule has 148 valence electrons. The molecule has 2 unspecified atom stereocenters. The van der Waals surface area contributed by atoms with Gasteiger partial charge < -0.3 is 14.2 Å². The van der Waals surface area contributed by atoms with Crippen LogP contribution in [0, 0.1) is 5.92 Å². The van der Waals surface area contributed by atoms with Gasteiger partial charge in [-0.25, -0.2) is 9.59 Å². The Kier molecular flexibility index (Phi) is 10.9. The van der Waals surface area contributed by atoms with Gasteiger partial charge in [-0.2, -0.15) is 0 Å². The number of hydrogen-bond acceptors (Lipinski definition) is 5. The van der Waals surface area contributed by atoms with Gasteiger partial charge in [-0.15, -0.1) is 0 Å². The summed E-state index contributed by atoms with van der Waals surface area (Å²) in [5.74, 6) is -0.504. The molecule has 0 aromatic rings. The Morgan fingerprint density at radius 3 is 2.58 bits per heavy atom. The number of carbonyl (C=O) groups excluding carboxylic acids is 2. The average molecular weight is 366 g/mol. The second-order valence-electron chi connectivity index (χ2n) is 6.98. The zero-order chi connectivity index (χ0) is 19.4. The first kappa shape index (κ1) is 22.4. The predicted molar refractivity (Wildman–Crippen MR) is 101 cm³/mol. The van der Waals surface area contributed by atoms with Crippen LogP contribution in [0.25, 0.3) is 0 Å². The summed E-state index contributed by atoms with van der Waals surface area (Å²) in [7, 11) is 0. The molecule has 1 aliphatic heterocycles. The minimum Gasteiger partial charge on any atom is -0.462 e. The van der Waals surface area contributed by atoms with Crippen LogP contribution in [0.4, 0.5) is 0 Å². The number of carbonyl (C=O) groups is 2. The second-order valence-corrected chi connectivity index (χ2v) is 6.98. The molecule has 0 saturated carbocycles. The van der Waals surface area contributed by atoms with Crippen molar-refractivity contribution < 1.29 is 23.8 Å². The molecule has 2 atom stereocenters. The maximum absolute atomic E-state index is 12.0. The van der Waals surface area contributed by atoms with Crippen LogP contribution in [-0.4, -0.2) is 31.3 Å². The van der Waals surface area contributed by atoms with Gasteiger partial charge in [0, 0.05) is 12.2 Å². The highest BCUT2D eigenvalue weighted by atomic mass is 16.5. The van der Waals surface area contributed by atoms with E-state index < -0.39 is 11.9 Å². The zero-order valence-electron chi connectivity index (χ0n) is 16.7. The highest BCUT2D eigenvalue weighted by Gasteiger charge is 2.15. The van der Waals surface area contributed by atoms with Crippen LogP contribution in [-0.2, 0) is 23.8 Å². The third-order valence-electron chi connectivity index (χ3n) is 4.69. The van der Waals surface area contributed by atoms with Crippen LogP contribution < -0.4 is 0 Å². The van der Waals surface area contributed by atoms with E-state index in [0.29, 0.717) is 24.5 Å². The highest BCUT2D eigenvalue weighted by molar-refractivity contribution is 5.90. The fourth-order valence-corrected chi connectivity index (χ4v) is 2.71. The molecule has 1 fully saturated rings. The molecule has 1 saturated heterocycles. The van der Waals surface area contributed by atoms with Gasteiger partial charge in [0.25, 0.3) is 0 Å². The monoisotopic (exact) mass is 366 g/mol. The predicted octanol–water partition coefficient (Wildman–Crippen LogP) is 4.71. The standard InChI is InChI=1S/C21H34O5/c1-5-7-9-18(6-2)15-26-21(23)17(4)14-25-20(22)16(3)11-12-19-10-8-13-24-19/h11,14,18-19H,5-10,12-13,15H2,1-4H3/b16-11+,17-14+. The van der Waals surface area contributed by atoms with Crippen molar-refractivity contribution >= 4 is 11.9 Å². The third-order valence-corrected chi connectivity index (χ3v) is 4.69. The molecule has 0 aromatic heterocycles. The van der Waals surface area contributed by atoms with Crippen LogP contribution in [0.2, 0.25) is 0 Å². The third kappa shape index (κ3) is 8.65. The Morgan fingerprint density at radius 2 is 1.96 bits per heavy atom. The molecular formula is C21H34O5. The Balaban J connectivity index is 2.38. The molecule has 0 N–H and O–H groups in total. The van der Waals surface area contributed by atoms with E-state index in [1.54, 1.807) is 13.8 Å². The van der Waals surface area contributed by atoms with Gasteiger partial charge in [0.2, 0.25) is 0 Å². The molecule has 0 bridgehead atoms. The van der Waals surface area contributed by atoms with Gasteiger partial charge in [0.05, 0.1) is 18.3 Å². The van der Waals surface area contributed by atoms with Crippen molar-refractivity contribution in [2.75, 3.05) is 13.2 Å². The summed E-state index contributed by atoms with van der Waals surface area (Å²) < 4.78 is 15.9. The van der Waals surface area contributed by atoms with Crippen molar-refractivity contribution in [1.82, 2.24) is 0 Å². The van der Waals surface area contributed by atoms with Crippen molar-refractivity contribution in [3.8, 4) is 0 Å². The summed E-state index contributed by atoms with van der Waals surface area (Å²) in [6, 6.07) is 0. The molecule has 0 amide bonds. The lowest BCUT2D eigenvalue weighted by Gasteiger charge is -2.14. The van der Waals surface area contributed by atoms with Crippen molar-refractivity contribution in [3.63, 3.8) is 0 Å². The van der Waals surface area contributed by atoms with Crippen LogP contribution in [0.1, 0.15) is 72.6 Å². The molecule has 1 rings (SSSR count). The van der Waals surface area contributed by atoms with Crippen molar-refractivity contribution in [2.45, 2.75) is 78.7 Å². The molecule has 1 aliphatic rings. The molecule has 26 heavy (non-hydrogen) atoms. The minimum absolute atomic E-state index is 0.198. The summed E-state index contributed by atoms with van der Waals surface area (Å²) in [6.07, 6.45) is 10.3. The number of hydrogen-bond donors (Lipinski definition) is 0. The molecule has 0 aromatic carbocycles. The molecule has 5 heteroatoms. The van der Waals surface area contributed by atoms with Gasteiger partial charge in [0.1, 0.15) is 6.26 Å². The van der Waals surface area contributed by atoms with E-state index in [-0.39, 0.29) is 11.7 Å². The topological polar surface area (TPSA) is 61.8 Å². The fraction of sp³-hybridized carbons (Fsp3) is 0.714. The lowest BCUT2D eigenvalue weighted by Crippen LogP contribution is -2.15. The molecular weight excluding hydrogens is 332 g/mol. The van der Waals surface area contributed by atoms with Crippen LogP contribution in [0.15, 0.2) is 23.5 Å². The summed E-state index contributed by atoms with van der Waals surface area (Å²) >= 11 is 0. The Hall–Kier alpha value is -1.62. The van der Waals surface area contributed by atoms with Gasteiger partial charge in [0.15, 0.2) is 0 Å². The van der Waals surface area contributed by atoms with E-state index in [9.17, 15) is 9.59 Å². The quantitative estimate of drug-likeness (QED) is 0.301. The van der Waals surface area contributed by atoms with Crippen molar-refractivity contribution in [2.24, 2.45) is 5.92 Å². The normalized spacial score (nSPS) is 19.3. The van der Waals surface area contributed by atoms with E-state index in [0.717, 1.165) is 45.1 Å². The lowest BCUT2D eigenvalue weighted by molar-refractivity contribution is -0.140. The summed E-state index contributed by atoms with van der Waals surface area (Å²) in [4.78, 5) is 24.0. The molecule has 0 aliphatic carbocycles. The van der Waals surface area contributed by atoms with Gasteiger partial charge in [-0.1, -0.05) is 39.2 Å². The highest BCUT2D eigenvalue weighted by Crippen LogP contribution is 2.17. The maximum atomic E-state index is 12.0. The molecule has 0 radical (unpaired) electrons. The van der Waals surface area contributed by atoms with E-state index in [1.165, 1.54) is 6.26 Å². The Morgan fingerprint density at radius 1 is 1.19 bits per heavy atom. The maximum Gasteiger partial charge on any atom is 0.338 e. The van der Waals surface area contributed by atoms with Crippen molar-refractivity contribution in [1.29, 1.82) is 0 Å². The van der Waals surface area contributed by atoms with Crippen LogP contribution in [0.5, 0.6) is 0 Å². The van der Waals surface area contributed by atoms with Crippen LogP contribution >= 0.6 is 0 Å². The zero-order valence-corrected chi connectivity index (χ0v) is 16.7. The molecule has 1 heterocycles. The number of esters is 2. The van der Waals surface area contributed by atoms with Gasteiger partial charge in [-0.3, -0.25) is 0 Å². The SMILES string of the molecule is CCCCC(CC)COC(=O)/C(C)=C/OC(=O)/C(C)=C/CC1CCCO1. The fourth-order valence-electron chi connectivity index (χ4n) is 2.71. The summed E-state index contributed by atoms with van der Waals surface area (Å²) in [5, 5.41) is 0. The largest absolute Gasteiger partial charge is 0.462 e. The van der Waals surface area contributed by atoms with Gasteiger partial charge in [-0.05, 0) is 45.4 Å². The lowest BCUT2D eigenvalue weighted by atomic mass is 10.0. The van der Waals surface area contributed by atoms with E-state index in [2.05, 4.69) is 13.8 Å². The Bertz CT molecular complexity index is 501. The first-order valence-corrected chi connectivity index (χ1v) is 9.81. The Labute approximate surface area is 157 Å². The summed E-state index contributed by atoms with van der Waals surface area (Å²) in [5.41, 5.74) is 0.805. The number of ether oxygens (including phenoxy) is 3. The first-order valence-electron chi connectivity index (χ1n) is 9.81. The van der Waals surface area contributed by atoms with Gasteiger partial charge >= 0.3 is 11.9 Å². The average Bonchev–Trinajstić information content (AvgIpc) is 3.17. The smallest absolute Gasteiger partial charge is 0.338 e. The number of rotatable bonds is 11. The van der Waals surface area contributed by atoms with E-state index in [4.69, 9.17) is 14.2 Å².